The SMILES string of the molecule is CC(C)CN(C(=O)c1cnc(C(C)(C)C)nc1NCc1ccco1)C1CNCC(Cn2ccnc2)C1. The van der Waals surface area contributed by atoms with Crippen molar-refractivity contribution in [3.05, 3.63) is 60.5 Å². The lowest BCUT2D eigenvalue weighted by molar-refractivity contribution is 0.0581. The van der Waals surface area contributed by atoms with Crippen LogP contribution in [0.15, 0.2) is 47.7 Å². The van der Waals surface area contributed by atoms with E-state index in [1.165, 1.54) is 0 Å². The molecule has 3 aromatic rings. The Bertz CT molecular complexity index is 1100. The van der Waals surface area contributed by atoms with Crippen LogP contribution in [-0.4, -0.2) is 56.0 Å². The van der Waals surface area contributed by atoms with Crippen LogP contribution in [0.4, 0.5) is 5.82 Å². The van der Waals surface area contributed by atoms with Crippen LogP contribution in [0.1, 0.15) is 63.0 Å². The molecule has 4 rings (SSSR count). The van der Waals surface area contributed by atoms with E-state index in [1.807, 2.05) is 29.6 Å². The third kappa shape index (κ3) is 6.51. The molecular weight excluding hydrogens is 454 g/mol. The third-order valence-corrected chi connectivity index (χ3v) is 6.41. The summed E-state index contributed by atoms with van der Waals surface area (Å²) in [5.41, 5.74) is 0.251. The molecule has 1 saturated heterocycles. The maximum Gasteiger partial charge on any atom is 0.259 e. The molecule has 0 saturated carbocycles. The Balaban J connectivity index is 1.59. The Morgan fingerprint density at radius 3 is 2.83 bits per heavy atom. The zero-order valence-electron chi connectivity index (χ0n) is 22.1. The lowest BCUT2D eigenvalue weighted by Crippen LogP contribution is -2.53. The molecule has 3 aromatic heterocycles. The largest absolute Gasteiger partial charge is 0.467 e. The minimum Gasteiger partial charge on any atom is -0.467 e. The lowest BCUT2D eigenvalue weighted by atomic mass is 9.93. The van der Waals surface area contributed by atoms with Crippen molar-refractivity contribution in [3.8, 4) is 0 Å². The van der Waals surface area contributed by atoms with Crippen LogP contribution in [0.3, 0.4) is 0 Å². The fraction of sp³-hybridized carbons (Fsp3) is 0.556. The van der Waals surface area contributed by atoms with Gasteiger partial charge in [-0.2, -0.15) is 0 Å². The molecule has 0 bridgehead atoms. The maximum atomic E-state index is 14.1. The molecule has 1 aliphatic heterocycles. The Hall–Kier alpha value is -3.20. The van der Waals surface area contributed by atoms with Crippen LogP contribution in [0.5, 0.6) is 0 Å². The molecule has 1 amide bonds. The van der Waals surface area contributed by atoms with Gasteiger partial charge in [-0.3, -0.25) is 4.79 Å². The molecule has 2 atom stereocenters. The first-order chi connectivity index (χ1) is 17.2. The molecule has 4 heterocycles. The second-order valence-corrected chi connectivity index (χ2v) is 11.2. The van der Waals surface area contributed by atoms with Gasteiger partial charge in [0, 0.05) is 49.7 Å². The van der Waals surface area contributed by atoms with Crippen molar-refractivity contribution in [3.63, 3.8) is 0 Å². The van der Waals surface area contributed by atoms with Crippen molar-refractivity contribution in [2.75, 3.05) is 25.0 Å². The molecule has 36 heavy (non-hydrogen) atoms. The molecule has 0 radical (unpaired) electrons. The van der Waals surface area contributed by atoms with Gasteiger partial charge >= 0.3 is 0 Å². The van der Waals surface area contributed by atoms with Gasteiger partial charge < -0.3 is 24.5 Å². The Kier molecular flexibility index (Phi) is 8.08. The van der Waals surface area contributed by atoms with Crippen molar-refractivity contribution < 1.29 is 9.21 Å². The topological polar surface area (TPSA) is 101 Å². The van der Waals surface area contributed by atoms with Crippen molar-refractivity contribution in [2.45, 2.75) is 65.6 Å². The summed E-state index contributed by atoms with van der Waals surface area (Å²) >= 11 is 0. The van der Waals surface area contributed by atoms with Gasteiger partial charge in [-0.25, -0.2) is 15.0 Å². The summed E-state index contributed by atoms with van der Waals surface area (Å²) in [7, 11) is 0. The second-order valence-electron chi connectivity index (χ2n) is 11.2. The summed E-state index contributed by atoms with van der Waals surface area (Å²) in [4.78, 5) is 29.7. The van der Waals surface area contributed by atoms with Gasteiger partial charge in [-0.15, -0.1) is 0 Å². The van der Waals surface area contributed by atoms with Gasteiger partial charge in [0.1, 0.15) is 23.0 Å². The molecule has 2 N–H and O–H groups in total. The highest BCUT2D eigenvalue weighted by Crippen LogP contribution is 2.26. The normalized spacial score (nSPS) is 18.4. The number of hydrogen-bond donors (Lipinski definition) is 2. The van der Waals surface area contributed by atoms with Gasteiger partial charge in [0.15, 0.2) is 0 Å². The van der Waals surface area contributed by atoms with Crippen LogP contribution < -0.4 is 10.6 Å². The van der Waals surface area contributed by atoms with E-state index in [2.05, 4.69) is 59.8 Å². The molecule has 9 nitrogen and oxygen atoms in total. The summed E-state index contributed by atoms with van der Waals surface area (Å²) in [5, 5.41) is 6.90. The minimum absolute atomic E-state index is 0.0406. The van der Waals surface area contributed by atoms with E-state index in [1.54, 1.807) is 18.7 Å². The summed E-state index contributed by atoms with van der Waals surface area (Å²) in [6, 6.07) is 3.84. The maximum absolute atomic E-state index is 14.1. The first kappa shape index (κ1) is 25.9. The lowest BCUT2D eigenvalue weighted by Gasteiger charge is -2.39. The van der Waals surface area contributed by atoms with Crippen molar-refractivity contribution in [1.29, 1.82) is 0 Å². The standard InChI is InChI=1S/C27H39N7O2/c1-19(2)16-34(21-11-20(12-29-13-21)17-33-9-8-28-18-33)25(35)23-15-31-26(27(3,4)5)32-24(23)30-14-22-7-6-10-36-22/h6-10,15,18-21,29H,11-14,16-17H2,1-5H3,(H,30,31,32). The van der Waals surface area contributed by atoms with Crippen molar-refractivity contribution in [2.24, 2.45) is 11.8 Å². The minimum atomic E-state index is -0.242. The number of carbonyl (C=O) groups is 1. The van der Waals surface area contributed by atoms with E-state index in [0.717, 1.165) is 31.8 Å². The fourth-order valence-electron chi connectivity index (χ4n) is 4.64. The molecule has 0 aromatic carbocycles. The molecule has 2 unspecified atom stereocenters. The van der Waals surface area contributed by atoms with Crippen molar-refractivity contribution >= 4 is 11.7 Å². The number of amides is 1. The van der Waals surface area contributed by atoms with Crippen LogP contribution >= 0.6 is 0 Å². The predicted molar refractivity (Wildman–Crippen MR) is 140 cm³/mol. The summed E-state index contributed by atoms with van der Waals surface area (Å²) < 4.78 is 7.60. The van der Waals surface area contributed by atoms with E-state index < -0.39 is 0 Å². The first-order valence-corrected chi connectivity index (χ1v) is 12.8. The summed E-state index contributed by atoms with van der Waals surface area (Å²) in [5.74, 6) is 2.72. The van der Waals surface area contributed by atoms with E-state index >= 15 is 0 Å². The molecular formula is C27H39N7O2. The predicted octanol–water partition coefficient (Wildman–Crippen LogP) is 3.95. The Morgan fingerprint density at radius 2 is 2.17 bits per heavy atom. The van der Waals surface area contributed by atoms with Crippen LogP contribution in [0, 0.1) is 11.8 Å². The monoisotopic (exact) mass is 493 g/mol. The fourth-order valence-corrected chi connectivity index (χ4v) is 4.64. The van der Waals surface area contributed by atoms with E-state index in [9.17, 15) is 4.79 Å². The van der Waals surface area contributed by atoms with Crippen LogP contribution in [0.25, 0.3) is 0 Å². The molecule has 1 fully saturated rings. The second kappa shape index (κ2) is 11.2. The molecule has 0 spiro atoms. The van der Waals surface area contributed by atoms with E-state index in [-0.39, 0.29) is 17.4 Å². The van der Waals surface area contributed by atoms with Crippen LogP contribution in [0.2, 0.25) is 0 Å². The smallest absolute Gasteiger partial charge is 0.259 e. The molecule has 194 valence electrons. The number of anilines is 1. The number of nitrogens with one attached hydrogen (secondary N) is 2. The highest BCUT2D eigenvalue weighted by atomic mass is 16.3. The zero-order chi connectivity index (χ0) is 25.7. The van der Waals surface area contributed by atoms with Gasteiger partial charge in [0.05, 0.1) is 19.1 Å². The average Bonchev–Trinajstić information content (AvgIpc) is 3.54. The summed E-state index contributed by atoms with van der Waals surface area (Å²) in [6.45, 7) is 14.2. The number of aromatic nitrogens is 4. The van der Waals surface area contributed by atoms with Crippen molar-refractivity contribution in [1.82, 2.24) is 29.7 Å². The number of imidazole rings is 1. The zero-order valence-corrected chi connectivity index (χ0v) is 22.1. The number of hydrogen-bond acceptors (Lipinski definition) is 7. The molecule has 0 aliphatic carbocycles. The van der Waals surface area contributed by atoms with E-state index in [0.29, 0.717) is 42.1 Å². The highest BCUT2D eigenvalue weighted by molar-refractivity contribution is 5.98. The van der Waals surface area contributed by atoms with Gasteiger partial charge in [-0.1, -0.05) is 34.6 Å². The summed E-state index contributed by atoms with van der Waals surface area (Å²) in [6.07, 6.45) is 9.91. The number of rotatable bonds is 9. The number of nitrogens with zero attached hydrogens (tertiary/aromatic N) is 5. The Morgan fingerprint density at radius 1 is 1.33 bits per heavy atom. The quantitative estimate of drug-likeness (QED) is 0.465. The van der Waals surface area contributed by atoms with Gasteiger partial charge in [-0.05, 0) is 36.9 Å². The van der Waals surface area contributed by atoms with Gasteiger partial charge in [0.2, 0.25) is 0 Å². The average molecular weight is 494 g/mol. The molecule has 1 aliphatic rings. The third-order valence-electron chi connectivity index (χ3n) is 6.41. The van der Waals surface area contributed by atoms with E-state index in [4.69, 9.17) is 9.40 Å². The number of piperidine rings is 1. The molecule has 9 heteroatoms. The van der Waals surface area contributed by atoms with Crippen LogP contribution in [-0.2, 0) is 18.5 Å². The number of carbonyl (C=O) groups excluding carboxylic acids is 1. The Labute approximate surface area is 213 Å². The van der Waals surface area contributed by atoms with Gasteiger partial charge in [0.25, 0.3) is 5.91 Å². The first-order valence-electron chi connectivity index (χ1n) is 12.8. The number of furan rings is 1. The highest BCUT2D eigenvalue weighted by Gasteiger charge is 2.33.